The average molecular weight is 192 g/mol. The molecule has 0 heterocycles. The van der Waals surface area contributed by atoms with E-state index in [2.05, 4.69) is 20.8 Å². The lowest BCUT2D eigenvalue weighted by molar-refractivity contribution is 0.449. The van der Waals surface area contributed by atoms with E-state index in [-0.39, 0.29) is 7.69 Å². The molecular formula is C11H17BO2. The molecule has 0 bridgehead atoms. The van der Waals surface area contributed by atoms with Gasteiger partial charge in [0.2, 0.25) is 0 Å². The summed E-state index contributed by atoms with van der Waals surface area (Å²) < 4.78 is 5.24. The fourth-order valence-electron chi connectivity index (χ4n) is 1.75. The third-order valence-corrected chi connectivity index (χ3v) is 3.14. The van der Waals surface area contributed by atoms with E-state index in [1.54, 1.807) is 0 Å². The van der Waals surface area contributed by atoms with Gasteiger partial charge in [-0.15, -0.1) is 0 Å². The predicted octanol–water partition coefficient (Wildman–Crippen LogP) is 1.87. The molecule has 0 aliphatic rings. The van der Waals surface area contributed by atoms with Crippen LogP contribution >= 0.6 is 0 Å². The number of hydrogen-bond acceptors (Lipinski definition) is 2. The van der Waals surface area contributed by atoms with Gasteiger partial charge in [0.25, 0.3) is 0 Å². The first kappa shape index (κ1) is 11.1. The fourth-order valence-corrected chi connectivity index (χ4v) is 1.75. The summed E-state index contributed by atoms with van der Waals surface area (Å²) in [5.41, 5.74) is 6.05. The van der Waals surface area contributed by atoms with E-state index in [1.165, 1.54) is 16.7 Å². The SMILES string of the molecule is Cc1c(C)c(C)c(OBO)c(C)c1C. The highest BCUT2D eigenvalue weighted by atomic mass is 16.5. The maximum absolute atomic E-state index is 8.80. The summed E-state index contributed by atoms with van der Waals surface area (Å²) in [4.78, 5) is 0. The maximum atomic E-state index is 8.80. The molecule has 2 nitrogen and oxygen atoms in total. The zero-order chi connectivity index (χ0) is 10.9. The Morgan fingerprint density at radius 2 is 1.14 bits per heavy atom. The van der Waals surface area contributed by atoms with Crippen molar-refractivity contribution in [2.24, 2.45) is 0 Å². The Balaban J connectivity index is 3.43. The summed E-state index contributed by atoms with van der Waals surface area (Å²) in [5.74, 6) is 0.827. The number of benzene rings is 1. The molecule has 0 atom stereocenters. The van der Waals surface area contributed by atoms with Gasteiger partial charge in [-0.2, -0.15) is 0 Å². The first-order valence-electron chi connectivity index (χ1n) is 4.81. The Morgan fingerprint density at radius 3 is 1.50 bits per heavy atom. The molecule has 1 rings (SSSR count). The average Bonchev–Trinajstić information content (AvgIpc) is 2.19. The van der Waals surface area contributed by atoms with Crippen LogP contribution in [0.4, 0.5) is 0 Å². The molecule has 0 unspecified atom stereocenters. The summed E-state index contributed by atoms with van der Waals surface area (Å²) in [6.07, 6.45) is 0. The van der Waals surface area contributed by atoms with E-state index in [0.29, 0.717) is 0 Å². The first-order valence-corrected chi connectivity index (χ1v) is 4.81. The smallest absolute Gasteiger partial charge is 0.504 e. The van der Waals surface area contributed by atoms with Crippen molar-refractivity contribution in [1.82, 2.24) is 0 Å². The van der Waals surface area contributed by atoms with Gasteiger partial charge in [-0.25, -0.2) is 0 Å². The lowest BCUT2D eigenvalue weighted by Crippen LogP contribution is -2.06. The Labute approximate surface area is 86.2 Å². The van der Waals surface area contributed by atoms with Crippen molar-refractivity contribution < 1.29 is 9.68 Å². The predicted molar refractivity (Wildman–Crippen MR) is 60.1 cm³/mol. The van der Waals surface area contributed by atoms with Gasteiger partial charge in [0, 0.05) is 0 Å². The molecule has 0 aliphatic carbocycles. The van der Waals surface area contributed by atoms with Crippen LogP contribution in [0.15, 0.2) is 0 Å². The second-order valence-electron chi connectivity index (χ2n) is 3.73. The Bertz CT molecular complexity index is 330. The molecule has 0 saturated carbocycles. The molecule has 0 radical (unpaired) electrons. The van der Waals surface area contributed by atoms with E-state index in [9.17, 15) is 0 Å². The van der Waals surface area contributed by atoms with Crippen LogP contribution < -0.4 is 4.65 Å². The van der Waals surface area contributed by atoms with E-state index in [4.69, 9.17) is 9.68 Å². The van der Waals surface area contributed by atoms with Gasteiger partial charge in [0.15, 0.2) is 0 Å². The monoisotopic (exact) mass is 192 g/mol. The van der Waals surface area contributed by atoms with Gasteiger partial charge < -0.3 is 9.68 Å². The third-order valence-electron chi connectivity index (χ3n) is 3.14. The topological polar surface area (TPSA) is 29.5 Å². The molecule has 0 aromatic heterocycles. The molecule has 0 spiro atoms. The highest BCUT2D eigenvalue weighted by Gasteiger charge is 2.12. The Morgan fingerprint density at radius 1 is 0.786 bits per heavy atom. The molecule has 14 heavy (non-hydrogen) atoms. The summed E-state index contributed by atoms with van der Waals surface area (Å²) in [6.45, 7) is 10.3. The van der Waals surface area contributed by atoms with Crippen molar-refractivity contribution in [1.29, 1.82) is 0 Å². The van der Waals surface area contributed by atoms with Crippen LogP contribution in [0.25, 0.3) is 0 Å². The number of rotatable bonds is 2. The van der Waals surface area contributed by atoms with Crippen LogP contribution in [0.2, 0.25) is 0 Å². The van der Waals surface area contributed by atoms with Crippen LogP contribution in [0.3, 0.4) is 0 Å². The molecule has 0 saturated heterocycles. The lowest BCUT2D eigenvalue weighted by atomic mass is 9.94. The van der Waals surface area contributed by atoms with E-state index in [1.807, 2.05) is 13.8 Å². The van der Waals surface area contributed by atoms with E-state index < -0.39 is 0 Å². The van der Waals surface area contributed by atoms with Gasteiger partial charge in [-0.05, 0) is 62.4 Å². The van der Waals surface area contributed by atoms with Crippen LogP contribution in [-0.2, 0) is 0 Å². The van der Waals surface area contributed by atoms with Crippen molar-refractivity contribution >= 4 is 7.69 Å². The zero-order valence-electron chi connectivity index (χ0n) is 9.56. The molecule has 1 aromatic rings. The van der Waals surface area contributed by atoms with Crippen LogP contribution in [0, 0.1) is 34.6 Å². The molecule has 0 fully saturated rings. The summed E-state index contributed by atoms with van der Waals surface area (Å²) >= 11 is 0. The Kier molecular flexibility index (Phi) is 3.22. The molecular weight excluding hydrogens is 175 g/mol. The van der Waals surface area contributed by atoms with Crippen molar-refractivity contribution in [3.8, 4) is 5.75 Å². The maximum Gasteiger partial charge on any atom is 0.504 e. The van der Waals surface area contributed by atoms with Crippen molar-refractivity contribution in [2.75, 3.05) is 0 Å². The van der Waals surface area contributed by atoms with Crippen molar-refractivity contribution in [3.05, 3.63) is 27.8 Å². The van der Waals surface area contributed by atoms with E-state index >= 15 is 0 Å². The first-order chi connectivity index (χ1) is 6.50. The molecule has 0 aliphatic heterocycles. The number of hydrogen-bond donors (Lipinski definition) is 1. The van der Waals surface area contributed by atoms with Crippen molar-refractivity contribution in [3.63, 3.8) is 0 Å². The van der Waals surface area contributed by atoms with E-state index in [0.717, 1.165) is 16.9 Å². The minimum Gasteiger partial charge on any atom is -0.538 e. The second kappa shape index (κ2) is 4.05. The normalized spacial score (nSPS) is 10.1. The molecule has 1 aromatic carbocycles. The van der Waals surface area contributed by atoms with Crippen LogP contribution in [-0.4, -0.2) is 12.7 Å². The highest BCUT2D eigenvalue weighted by Crippen LogP contribution is 2.31. The van der Waals surface area contributed by atoms with Crippen LogP contribution in [0.1, 0.15) is 27.8 Å². The fraction of sp³-hybridized carbons (Fsp3) is 0.455. The molecule has 1 N–H and O–H groups in total. The third kappa shape index (κ3) is 1.64. The molecule has 3 heteroatoms. The quantitative estimate of drug-likeness (QED) is 0.724. The summed E-state index contributed by atoms with van der Waals surface area (Å²) in [5, 5.41) is 8.80. The second-order valence-corrected chi connectivity index (χ2v) is 3.73. The summed E-state index contributed by atoms with van der Waals surface area (Å²) in [6, 6.07) is 0. The minimum atomic E-state index is -0.260. The zero-order valence-corrected chi connectivity index (χ0v) is 9.56. The standard InChI is InChI=1S/C11H17BO2/c1-6-7(2)9(4)11(14-12-13)10(5)8(6)3/h12-13H,1-5H3. The lowest BCUT2D eigenvalue weighted by Gasteiger charge is -2.18. The highest BCUT2D eigenvalue weighted by molar-refractivity contribution is 6.17. The molecule has 0 amide bonds. The Hall–Kier alpha value is -0.955. The van der Waals surface area contributed by atoms with Gasteiger partial charge in [0.05, 0.1) is 0 Å². The largest absolute Gasteiger partial charge is 0.538 e. The van der Waals surface area contributed by atoms with Gasteiger partial charge in [0.1, 0.15) is 5.75 Å². The van der Waals surface area contributed by atoms with Crippen molar-refractivity contribution in [2.45, 2.75) is 34.6 Å². The van der Waals surface area contributed by atoms with Gasteiger partial charge in [-0.1, -0.05) is 0 Å². The van der Waals surface area contributed by atoms with Gasteiger partial charge in [-0.3, -0.25) is 0 Å². The minimum absolute atomic E-state index is 0.260. The van der Waals surface area contributed by atoms with Gasteiger partial charge >= 0.3 is 7.69 Å². The van der Waals surface area contributed by atoms with Crippen LogP contribution in [0.5, 0.6) is 5.75 Å². The summed E-state index contributed by atoms with van der Waals surface area (Å²) in [7, 11) is -0.260. The molecule has 76 valence electrons.